The fourth-order valence-corrected chi connectivity index (χ4v) is 2.93. The molecule has 2 aromatic heterocycles. The van der Waals surface area contributed by atoms with E-state index in [1.165, 1.54) is 5.57 Å². The van der Waals surface area contributed by atoms with E-state index in [0.29, 0.717) is 6.54 Å². The van der Waals surface area contributed by atoms with Crippen LogP contribution in [-0.2, 0) is 13.6 Å². The van der Waals surface area contributed by atoms with Crippen molar-refractivity contribution in [1.29, 1.82) is 0 Å². The van der Waals surface area contributed by atoms with Gasteiger partial charge in [0, 0.05) is 20.1 Å². The van der Waals surface area contributed by atoms with E-state index < -0.39 is 0 Å². The zero-order valence-corrected chi connectivity index (χ0v) is 13.8. The molecule has 1 N–H and O–H groups in total. The lowest BCUT2D eigenvalue weighted by molar-refractivity contribution is 0.342. The van der Waals surface area contributed by atoms with Gasteiger partial charge in [0.15, 0.2) is 5.65 Å². The summed E-state index contributed by atoms with van der Waals surface area (Å²) in [5.74, 6) is 0. The molecule has 0 spiro atoms. The summed E-state index contributed by atoms with van der Waals surface area (Å²) in [5, 5.41) is 3.31. The average molecular weight is 300 g/mol. The van der Waals surface area contributed by atoms with Gasteiger partial charge < -0.3 is 5.32 Å². The lowest BCUT2D eigenvalue weighted by Gasteiger charge is -2.18. The molecule has 0 saturated carbocycles. The van der Waals surface area contributed by atoms with Crippen LogP contribution >= 0.6 is 0 Å². The Morgan fingerprint density at radius 3 is 2.73 bits per heavy atom. The second-order valence-electron chi connectivity index (χ2n) is 7.21. The van der Waals surface area contributed by atoms with Crippen molar-refractivity contribution in [3.05, 3.63) is 34.4 Å². The molecule has 1 aliphatic heterocycles. The van der Waals surface area contributed by atoms with E-state index in [1.807, 2.05) is 16.7 Å². The number of aromatic nitrogens is 3. The molecule has 0 aromatic carbocycles. The zero-order valence-electron chi connectivity index (χ0n) is 13.8. The molecule has 0 bridgehead atoms. The number of aryl methyl sites for hydroxylation is 1. The number of hydrogen-bond acceptors (Lipinski definition) is 3. The van der Waals surface area contributed by atoms with Crippen molar-refractivity contribution in [2.75, 3.05) is 13.1 Å². The highest BCUT2D eigenvalue weighted by atomic mass is 16.1. The third-order valence-electron chi connectivity index (χ3n) is 4.01. The number of nitrogens with one attached hydrogen (secondary N) is 1. The molecule has 1 aliphatic rings. The highest BCUT2D eigenvalue weighted by molar-refractivity contribution is 5.76. The Hall–Kier alpha value is -1.88. The molecule has 0 amide bonds. The van der Waals surface area contributed by atoms with E-state index in [0.717, 1.165) is 36.4 Å². The molecule has 5 heteroatoms. The predicted octanol–water partition coefficient (Wildman–Crippen LogP) is 2.16. The van der Waals surface area contributed by atoms with E-state index in [2.05, 4.69) is 32.2 Å². The minimum absolute atomic E-state index is 0.00821. The standard InChI is InChI=1S/C17H24N4O/c1-17(2,3)11-21-14-6-5-13(12-7-9-18-10-8-12)19-15(14)20(4)16(21)22/h5-7,18H,8-11H2,1-4H3. The summed E-state index contributed by atoms with van der Waals surface area (Å²) in [6, 6.07) is 4.08. The molecule has 0 atom stereocenters. The number of pyridine rings is 1. The summed E-state index contributed by atoms with van der Waals surface area (Å²) in [5.41, 5.74) is 3.99. The van der Waals surface area contributed by atoms with Gasteiger partial charge in [-0.3, -0.25) is 9.13 Å². The van der Waals surface area contributed by atoms with Crippen LogP contribution in [0.25, 0.3) is 16.7 Å². The molecule has 0 unspecified atom stereocenters. The van der Waals surface area contributed by atoms with Crippen LogP contribution in [0, 0.1) is 5.41 Å². The Bertz CT molecular complexity index is 789. The van der Waals surface area contributed by atoms with E-state index in [9.17, 15) is 4.79 Å². The summed E-state index contributed by atoms with van der Waals surface area (Å²) in [6.07, 6.45) is 3.16. The van der Waals surface area contributed by atoms with Gasteiger partial charge in [0.1, 0.15) is 0 Å². The molecule has 0 radical (unpaired) electrons. The lowest BCUT2D eigenvalue weighted by Crippen LogP contribution is -2.27. The van der Waals surface area contributed by atoms with Crippen LogP contribution in [0.4, 0.5) is 0 Å². The summed E-state index contributed by atoms with van der Waals surface area (Å²) in [4.78, 5) is 17.3. The monoisotopic (exact) mass is 300 g/mol. The van der Waals surface area contributed by atoms with Gasteiger partial charge in [0.2, 0.25) is 0 Å². The molecule has 118 valence electrons. The highest BCUT2D eigenvalue weighted by Gasteiger charge is 2.19. The van der Waals surface area contributed by atoms with E-state index in [4.69, 9.17) is 4.98 Å². The first-order valence-corrected chi connectivity index (χ1v) is 7.83. The molecule has 0 saturated heterocycles. The van der Waals surface area contributed by atoms with Crippen molar-refractivity contribution in [3.63, 3.8) is 0 Å². The quantitative estimate of drug-likeness (QED) is 0.924. The van der Waals surface area contributed by atoms with Crippen molar-refractivity contribution >= 4 is 16.7 Å². The van der Waals surface area contributed by atoms with Crippen LogP contribution in [0.2, 0.25) is 0 Å². The molecule has 0 fully saturated rings. The maximum absolute atomic E-state index is 12.5. The van der Waals surface area contributed by atoms with E-state index >= 15 is 0 Å². The number of nitrogens with zero attached hydrogens (tertiary/aromatic N) is 3. The predicted molar refractivity (Wildman–Crippen MR) is 89.9 cm³/mol. The topological polar surface area (TPSA) is 51.9 Å². The molecule has 5 nitrogen and oxygen atoms in total. The SMILES string of the molecule is Cn1c(=O)n(CC(C)(C)C)c2ccc(C3=CCNCC3)nc21. The zero-order chi connectivity index (χ0) is 15.9. The number of imidazole rings is 1. The van der Waals surface area contributed by atoms with Gasteiger partial charge in [0.05, 0.1) is 11.2 Å². The van der Waals surface area contributed by atoms with Crippen molar-refractivity contribution in [3.8, 4) is 0 Å². The third kappa shape index (κ3) is 2.73. The second-order valence-corrected chi connectivity index (χ2v) is 7.21. The summed E-state index contributed by atoms with van der Waals surface area (Å²) in [7, 11) is 1.80. The fourth-order valence-electron chi connectivity index (χ4n) is 2.93. The molecular formula is C17H24N4O. The minimum Gasteiger partial charge on any atom is -0.313 e. The van der Waals surface area contributed by atoms with Gasteiger partial charge in [-0.05, 0) is 36.1 Å². The second kappa shape index (κ2) is 5.39. The third-order valence-corrected chi connectivity index (χ3v) is 4.01. The highest BCUT2D eigenvalue weighted by Crippen LogP contribution is 2.23. The van der Waals surface area contributed by atoms with Gasteiger partial charge in [-0.2, -0.15) is 0 Å². The van der Waals surface area contributed by atoms with Gasteiger partial charge in [-0.15, -0.1) is 0 Å². The van der Waals surface area contributed by atoms with E-state index in [-0.39, 0.29) is 11.1 Å². The molecule has 0 aliphatic carbocycles. The first-order valence-electron chi connectivity index (χ1n) is 7.83. The molecule has 3 heterocycles. The first kappa shape index (κ1) is 15.0. The van der Waals surface area contributed by atoms with Crippen LogP contribution < -0.4 is 11.0 Å². The average Bonchev–Trinajstić information content (AvgIpc) is 2.71. The van der Waals surface area contributed by atoms with Crippen molar-refractivity contribution < 1.29 is 0 Å². The smallest absolute Gasteiger partial charge is 0.313 e. The fraction of sp³-hybridized carbons (Fsp3) is 0.529. The van der Waals surface area contributed by atoms with Crippen LogP contribution in [0.15, 0.2) is 23.0 Å². The molecule has 22 heavy (non-hydrogen) atoms. The largest absolute Gasteiger partial charge is 0.330 e. The van der Waals surface area contributed by atoms with Gasteiger partial charge in [-0.1, -0.05) is 26.8 Å². The number of rotatable bonds is 2. The Kier molecular flexibility index (Phi) is 3.68. The summed E-state index contributed by atoms with van der Waals surface area (Å²) >= 11 is 0. The summed E-state index contributed by atoms with van der Waals surface area (Å²) in [6.45, 7) is 8.98. The first-order chi connectivity index (χ1) is 10.4. The Labute approximate surface area is 130 Å². The van der Waals surface area contributed by atoms with Gasteiger partial charge in [0.25, 0.3) is 0 Å². The van der Waals surface area contributed by atoms with E-state index in [1.54, 1.807) is 11.6 Å². The minimum atomic E-state index is 0.00821. The molecule has 2 aromatic rings. The van der Waals surface area contributed by atoms with Gasteiger partial charge in [-0.25, -0.2) is 9.78 Å². The maximum Gasteiger partial charge on any atom is 0.330 e. The normalized spacial score (nSPS) is 16.1. The van der Waals surface area contributed by atoms with Crippen molar-refractivity contribution in [2.24, 2.45) is 12.5 Å². The van der Waals surface area contributed by atoms with Crippen LogP contribution in [-0.4, -0.2) is 27.2 Å². The molecular weight excluding hydrogens is 276 g/mol. The van der Waals surface area contributed by atoms with Crippen LogP contribution in [0.1, 0.15) is 32.9 Å². The number of fused-ring (bicyclic) bond motifs is 1. The maximum atomic E-state index is 12.5. The summed E-state index contributed by atoms with van der Waals surface area (Å²) < 4.78 is 3.50. The van der Waals surface area contributed by atoms with Crippen molar-refractivity contribution in [1.82, 2.24) is 19.4 Å². The van der Waals surface area contributed by atoms with Crippen LogP contribution in [0.5, 0.6) is 0 Å². The van der Waals surface area contributed by atoms with Crippen LogP contribution in [0.3, 0.4) is 0 Å². The Morgan fingerprint density at radius 2 is 2.09 bits per heavy atom. The lowest BCUT2D eigenvalue weighted by atomic mass is 9.97. The van der Waals surface area contributed by atoms with Crippen molar-refractivity contribution in [2.45, 2.75) is 33.7 Å². The molecule has 3 rings (SSSR count). The Morgan fingerprint density at radius 1 is 1.32 bits per heavy atom. The number of hydrogen-bond donors (Lipinski definition) is 1. The Balaban J connectivity index is 2.12. The van der Waals surface area contributed by atoms with Gasteiger partial charge >= 0.3 is 5.69 Å².